The minimum atomic E-state index is 0.103. The lowest BCUT2D eigenvalue weighted by Gasteiger charge is -2.40. The van der Waals surface area contributed by atoms with Gasteiger partial charge < -0.3 is 4.90 Å². The average Bonchev–Trinajstić information content (AvgIpc) is 3.04. The molecule has 34 heavy (non-hydrogen) atoms. The SMILES string of the molecule is CCc1cccc(CC)c1N1[C@@H](C)C(c2c(C(C)C)ccc3ccc(C(C)C)cc23)CC1(C)C. The molecule has 1 aliphatic heterocycles. The van der Waals surface area contributed by atoms with Crippen LogP contribution in [0.2, 0.25) is 0 Å². The fraction of sp³-hybridized carbons (Fsp3) is 0.515. The molecule has 2 atom stereocenters. The van der Waals surface area contributed by atoms with Crippen LogP contribution in [0.1, 0.15) is 114 Å². The highest BCUT2D eigenvalue weighted by atomic mass is 15.3. The van der Waals surface area contributed by atoms with E-state index in [4.69, 9.17) is 0 Å². The highest BCUT2D eigenvalue weighted by Crippen LogP contribution is 2.50. The maximum Gasteiger partial charge on any atom is 0.0438 e. The van der Waals surface area contributed by atoms with E-state index in [-0.39, 0.29) is 5.54 Å². The Balaban J connectivity index is 1.94. The normalized spacial score (nSPS) is 20.1. The molecule has 1 unspecified atom stereocenters. The summed E-state index contributed by atoms with van der Waals surface area (Å²) in [7, 11) is 0. The van der Waals surface area contributed by atoms with Crippen LogP contribution in [0.3, 0.4) is 0 Å². The van der Waals surface area contributed by atoms with E-state index in [0.29, 0.717) is 23.8 Å². The van der Waals surface area contributed by atoms with Crippen LogP contribution in [0.5, 0.6) is 0 Å². The summed E-state index contributed by atoms with van der Waals surface area (Å²) in [6.07, 6.45) is 3.34. The number of nitrogens with zero attached hydrogens (tertiary/aromatic N) is 1. The molecule has 0 radical (unpaired) electrons. The van der Waals surface area contributed by atoms with Crippen LogP contribution in [0.25, 0.3) is 10.8 Å². The molecular weight excluding hydrogens is 410 g/mol. The standard InChI is InChI=1S/C33H45N/c1-10-24-13-12-14-25(11-2)32(24)34-23(7)30(20-33(34,8)9)31-28(22(5)6)18-17-26-15-16-27(21(3)4)19-29(26)31/h12-19,21-23,30H,10-11,20H2,1-9H3/t23-,30?/m0/s1. The Morgan fingerprint density at radius 3 is 2.06 bits per heavy atom. The molecule has 3 aromatic carbocycles. The molecule has 0 aromatic heterocycles. The van der Waals surface area contributed by atoms with Gasteiger partial charge in [0.05, 0.1) is 0 Å². The zero-order valence-corrected chi connectivity index (χ0v) is 23.0. The molecule has 182 valence electrons. The molecule has 0 bridgehead atoms. The molecule has 1 heteroatoms. The molecule has 1 saturated heterocycles. The van der Waals surface area contributed by atoms with Gasteiger partial charge in [0.1, 0.15) is 0 Å². The summed E-state index contributed by atoms with van der Waals surface area (Å²) >= 11 is 0. The molecular formula is C33H45N. The molecule has 0 amide bonds. The van der Waals surface area contributed by atoms with Crippen molar-refractivity contribution >= 4 is 16.5 Å². The number of fused-ring (bicyclic) bond motifs is 1. The van der Waals surface area contributed by atoms with Crippen molar-refractivity contribution in [3.05, 3.63) is 76.3 Å². The molecule has 0 saturated carbocycles. The van der Waals surface area contributed by atoms with Crippen molar-refractivity contribution in [2.24, 2.45) is 0 Å². The fourth-order valence-corrected chi connectivity index (χ4v) is 6.57. The van der Waals surface area contributed by atoms with E-state index in [0.717, 1.165) is 12.8 Å². The van der Waals surface area contributed by atoms with Crippen LogP contribution in [0.15, 0.2) is 48.5 Å². The number of rotatable bonds is 6. The van der Waals surface area contributed by atoms with Gasteiger partial charge >= 0.3 is 0 Å². The van der Waals surface area contributed by atoms with E-state index in [1.54, 1.807) is 5.56 Å². The molecule has 0 spiro atoms. The van der Waals surface area contributed by atoms with Crippen LogP contribution < -0.4 is 4.90 Å². The average molecular weight is 456 g/mol. The van der Waals surface area contributed by atoms with Crippen molar-refractivity contribution in [2.75, 3.05) is 4.90 Å². The molecule has 1 fully saturated rings. The van der Waals surface area contributed by atoms with Gasteiger partial charge in [-0.05, 0) is 90.5 Å². The van der Waals surface area contributed by atoms with Crippen molar-refractivity contribution in [2.45, 2.75) is 111 Å². The lowest BCUT2D eigenvalue weighted by Crippen LogP contribution is -2.43. The van der Waals surface area contributed by atoms with Gasteiger partial charge in [0.25, 0.3) is 0 Å². The summed E-state index contributed by atoms with van der Waals surface area (Å²) in [5.74, 6) is 1.56. The van der Waals surface area contributed by atoms with Crippen LogP contribution in [-0.4, -0.2) is 11.6 Å². The number of anilines is 1. The Kier molecular flexibility index (Phi) is 6.87. The first kappa shape index (κ1) is 24.8. The summed E-state index contributed by atoms with van der Waals surface area (Å²) in [6, 6.07) is 19.3. The van der Waals surface area contributed by atoms with Gasteiger partial charge in [-0.15, -0.1) is 0 Å². The van der Waals surface area contributed by atoms with Crippen molar-refractivity contribution in [1.29, 1.82) is 0 Å². The highest BCUT2D eigenvalue weighted by Gasteiger charge is 2.46. The lowest BCUT2D eigenvalue weighted by molar-refractivity contribution is 0.500. The van der Waals surface area contributed by atoms with Gasteiger partial charge in [-0.1, -0.05) is 90.1 Å². The van der Waals surface area contributed by atoms with Crippen LogP contribution in [-0.2, 0) is 12.8 Å². The smallest absolute Gasteiger partial charge is 0.0438 e. The van der Waals surface area contributed by atoms with Gasteiger partial charge in [0.2, 0.25) is 0 Å². The topological polar surface area (TPSA) is 3.24 Å². The van der Waals surface area contributed by atoms with Crippen LogP contribution >= 0.6 is 0 Å². The van der Waals surface area contributed by atoms with Crippen molar-refractivity contribution in [3.63, 3.8) is 0 Å². The Morgan fingerprint density at radius 1 is 0.882 bits per heavy atom. The molecule has 1 heterocycles. The molecule has 4 rings (SSSR count). The quantitative estimate of drug-likeness (QED) is 0.358. The number of hydrogen-bond donors (Lipinski definition) is 0. The van der Waals surface area contributed by atoms with Gasteiger partial charge in [0.15, 0.2) is 0 Å². The van der Waals surface area contributed by atoms with E-state index in [1.807, 2.05) is 0 Å². The fourth-order valence-electron chi connectivity index (χ4n) is 6.57. The zero-order chi connectivity index (χ0) is 24.8. The van der Waals surface area contributed by atoms with E-state index < -0.39 is 0 Å². The summed E-state index contributed by atoms with van der Waals surface area (Å²) in [5.41, 5.74) is 9.16. The monoisotopic (exact) mass is 455 g/mol. The van der Waals surface area contributed by atoms with E-state index in [2.05, 4.69) is 116 Å². The lowest BCUT2D eigenvalue weighted by atomic mass is 9.79. The summed E-state index contributed by atoms with van der Waals surface area (Å²) < 4.78 is 0. The molecule has 1 nitrogen and oxygen atoms in total. The minimum absolute atomic E-state index is 0.103. The van der Waals surface area contributed by atoms with Crippen LogP contribution in [0, 0.1) is 0 Å². The second-order valence-electron chi connectivity index (χ2n) is 11.7. The molecule has 3 aromatic rings. The number of para-hydroxylation sites is 1. The minimum Gasteiger partial charge on any atom is -0.363 e. The maximum atomic E-state index is 2.80. The van der Waals surface area contributed by atoms with Crippen molar-refractivity contribution < 1.29 is 0 Å². The summed E-state index contributed by atoms with van der Waals surface area (Å²) in [5, 5.41) is 2.86. The largest absolute Gasteiger partial charge is 0.363 e. The number of aryl methyl sites for hydroxylation is 2. The zero-order valence-electron chi connectivity index (χ0n) is 23.0. The van der Waals surface area contributed by atoms with E-state index >= 15 is 0 Å². The van der Waals surface area contributed by atoms with Gasteiger partial charge in [-0.2, -0.15) is 0 Å². The highest BCUT2D eigenvalue weighted by molar-refractivity contribution is 5.89. The number of hydrogen-bond acceptors (Lipinski definition) is 1. The Hall–Kier alpha value is -2.28. The Bertz CT molecular complexity index is 1140. The van der Waals surface area contributed by atoms with Gasteiger partial charge in [-0.3, -0.25) is 0 Å². The third-order valence-corrected chi connectivity index (χ3v) is 8.35. The second kappa shape index (κ2) is 9.40. The van der Waals surface area contributed by atoms with Gasteiger partial charge in [0, 0.05) is 23.2 Å². The third kappa shape index (κ3) is 4.16. The summed E-state index contributed by atoms with van der Waals surface area (Å²) in [6.45, 7) is 21.4. The van der Waals surface area contributed by atoms with E-state index in [9.17, 15) is 0 Å². The Morgan fingerprint density at radius 2 is 1.50 bits per heavy atom. The van der Waals surface area contributed by atoms with E-state index in [1.165, 1.54) is 45.1 Å². The summed E-state index contributed by atoms with van der Waals surface area (Å²) in [4.78, 5) is 2.80. The molecule has 1 aliphatic rings. The second-order valence-corrected chi connectivity index (χ2v) is 11.7. The van der Waals surface area contributed by atoms with Crippen LogP contribution in [0.4, 0.5) is 5.69 Å². The molecule has 0 aliphatic carbocycles. The third-order valence-electron chi connectivity index (χ3n) is 8.35. The first-order chi connectivity index (χ1) is 16.1. The van der Waals surface area contributed by atoms with Crippen molar-refractivity contribution in [1.82, 2.24) is 0 Å². The first-order valence-corrected chi connectivity index (χ1v) is 13.6. The predicted molar refractivity (Wildman–Crippen MR) is 151 cm³/mol. The predicted octanol–water partition coefficient (Wildman–Crippen LogP) is 9.37. The number of benzene rings is 3. The van der Waals surface area contributed by atoms with Gasteiger partial charge in [-0.25, -0.2) is 0 Å². The van der Waals surface area contributed by atoms with Crippen molar-refractivity contribution in [3.8, 4) is 0 Å². The maximum absolute atomic E-state index is 2.80. The Labute approximate surface area is 208 Å². The molecule has 0 N–H and O–H groups in total. The first-order valence-electron chi connectivity index (χ1n) is 13.6.